The summed E-state index contributed by atoms with van der Waals surface area (Å²) in [4.78, 5) is 18.0. The number of rotatable bonds is 4. The summed E-state index contributed by atoms with van der Waals surface area (Å²) in [6, 6.07) is 12.0. The molecule has 4 nitrogen and oxygen atoms in total. The lowest BCUT2D eigenvalue weighted by Gasteiger charge is -2.17. The first-order valence-corrected chi connectivity index (χ1v) is 7.54. The van der Waals surface area contributed by atoms with Gasteiger partial charge in [0, 0.05) is 37.9 Å². The summed E-state index contributed by atoms with van der Waals surface area (Å²) in [5, 5.41) is 9.55. The van der Waals surface area contributed by atoms with Crippen LogP contribution in [0.5, 0.6) is 0 Å². The molecular formula is C18H20N2O2. The van der Waals surface area contributed by atoms with E-state index in [0.29, 0.717) is 6.54 Å². The number of carboxylic acids is 1. The summed E-state index contributed by atoms with van der Waals surface area (Å²) in [6.45, 7) is 4.20. The Morgan fingerprint density at radius 1 is 1.27 bits per heavy atom. The number of hydrogen-bond donors (Lipinski definition) is 1. The molecule has 1 aliphatic rings. The number of benzene rings is 1. The van der Waals surface area contributed by atoms with Gasteiger partial charge in [0.25, 0.3) is 0 Å². The Morgan fingerprint density at radius 3 is 2.73 bits per heavy atom. The second-order valence-electron chi connectivity index (χ2n) is 5.96. The molecule has 3 rings (SSSR count). The average Bonchev–Trinajstić information content (AvgIpc) is 2.95. The summed E-state index contributed by atoms with van der Waals surface area (Å²) < 4.78 is 0. The van der Waals surface area contributed by atoms with Crippen molar-refractivity contribution < 1.29 is 9.90 Å². The molecule has 1 aliphatic heterocycles. The van der Waals surface area contributed by atoms with Crippen LogP contribution < -0.4 is 0 Å². The molecule has 0 unspecified atom stereocenters. The van der Waals surface area contributed by atoms with Crippen molar-refractivity contribution in [2.75, 3.05) is 13.1 Å². The van der Waals surface area contributed by atoms with Crippen LogP contribution in [0.15, 0.2) is 48.8 Å². The van der Waals surface area contributed by atoms with E-state index in [1.54, 1.807) is 6.20 Å². The van der Waals surface area contributed by atoms with Crippen LogP contribution in [-0.2, 0) is 11.3 Å². The molecule has 22 heavy (non-hydrogen) atoms. The average molecular weight is 296 g/mol. The molecule has 0 radical (unpaired) electrons. The van der Waals surface area contributed by atoms with E-state index >= 15 is 0 Å². The predicted octanol–water partition coefficient (Wildman–Crippen LogP) is 2.69. The van der Waals surface area contributed by atoms with Gasteiger partial charge in [-0.3, -0.25) is 14.7 Å². The molecule has 2 aromatic rings. The number of pyridine rings is 1. The Balaban J connectivity index is 1.79. The Kier molecular flexibility index (Phi) is 4.20. The zero-order valence-corrected chi connectivity index (χ0v) is 12.6. The molecule has 0 bridgehead atoms. The quantitative estimate of drug-likeness (QED) is 0.942. The zero-order chi connectivity index (χ0) is 15.5. The summed E-state index contributed by atoms with van der Waals surface area (Å²) in [6.07, 6.45) is 3.65. The van der Waals surface area contributed by atoms with Crippen molar-refractivity contribution in [3.8, 4) is 0 Å². The van der Waals surface area contributed by atoms with Gasteiger partial charge in [-0.15, -0.1) is 0 Å². The maximum Gasteiger partial charge on any atom is 0.308 e. The van der Waals surface area contributed by atoms with E-state index in [2.05, 4.69) is 9.88 Å². The topological polar surface area (TPSA) is 53.4 Å². The number of aliphatic carboxylic acids is 1. The number of aromatic nitrogens is 1. The van der Waals surface area contributed by atoms with Crippen molar-refractivity contribution in [2.45, 2.75) is 19.4 Å². The number of carbonyl (C=O) groups is 1. The number of hydrogen-bond acceptors (Lipinski definition) is 3. The van der Waals surface area contributed by atoms with Gasteiger partial charge in [-0.25, -0.2) is 0 Å². The predicted molar refractivity (Wildman–Crippen MR) is 84.6 cm³/mol. The molecule has 1 N–H and O–H groups in total. The van der Waals surface area contributed by atoms with Gasteiger partial charge < -0.3 is 5.11 Å². The standard InChI is InChI=1S/C18H20N2O2/c1-13-9-19-8-7-15(13)10-20-11-16(17(12-20)18(21)22)14-5-3-2-4-6-14/h2-9,16-17H,10-12H2,1H3,(H,21,22)/t16-,17+/m1/s1. The Labute approximate surface area is 130 Å². The van der Waals surface area contributed by atoms with Crippen molar-refractivity contribution in [2.24, 2.45) is 5.92 Å². The third kappa shape index (κ3) is 3.02. The van der Waals surface area contributed by atoms with Crippen LogP contribution >= 0.6 is 0 Å². The van der Waals surface area contributed by atoms with E-state index in [1.807, 2.05) is 49.5 Å². The number of likely N-dealkylation sites (tertiary alicyclic amines) is 1. The summed E-state index contributed by atoms with van der Waals surface area (Å²) in [7, 11) is 0. The zero-order valence-electron chi connectivity index (χ0n) is 12.6. The molecule has 0 aliphatic carbocycles. The molecule has 0 spiro atoms. The second kappa shape index (κ2) is 6.28. The van der Waals surface area contributed by atoms with Crippen molar-refractivity contribution in [1.82, 2.24) is 9.88 Å². The van der Waals surface area contributed by atoms with Crippen molar-refractivity contribution in [3.05, 3.63) is 65.5 Å². The largest absolute Gasteiger partial charge is 0.481 e. The van der Waals surface area contributed by atoms with Gasteiger partial charge in [0.15, 0.2) is 0 Å². The molecule has 1 aromatic carbocycles. The van der Waals surface area contributed by atoms with Gasteiger partial charge in [0.2, 0.25) is 0 Å². The maximum atomic E-state index is 11.6. The molecule has 0 saturated carbocycles. The molecule has 4 heteroatoms. The molecule has 1 saturated heterocycles. The Morgan fingerprint density at radius 2 is 2.05 bits per heavy atom. The third-order valence-corrected chi connectivity index (χ3v) is 4.47. The lowest BCUT2D eigenvalue weighted by molar-refractivity contribution is -0.141. The molecular weight excluding hydrogens is 276 g/mol. The van der Waals surface area contributed by atoms with E-state index in [0.717, 1.165) is 24.2 Å². The minimum atomic E-state index is -0.706. The first-order valence-electron chi connectivity index (χ1n) is 7.54. The van der Waals surface area contributed by atoms with E-state index in [-0.39, 0.29) is 11.8 Å². The highest BCUT2D eigenvalue weighted by molar-refractivity contribution is 5.72. The van der Waals surface area contributed by atoms with Gasteiger partial charge in [0.05, 0.1) is 5.92 Å². The number of aryl methyl sites for hydroxylation is 1. The number of carboxylic acid groups (broad SMARTS) is 1. The highest BCUT2D eigenvalue weighted by atomic mass is 16.4. The third-order valence-electron chi connectivity index (χ3n) is 4.47. The summed E-state index contributed by atoms with van der Waals surface area (Å²) in [5.41, 5.74) is 3.48. The Hall–Kier alpha value is -2.20. The first kappa shape index (κ1) is 14.7. The van der Waals surface area contributed by atoms with Crippen LogP contribution in [-0.4, -0.2) is 34.0 Å². The van der Waals surface area contributed by atoms with Crippen LogP contribution in [0.1, 0.15) is 22.6 Å². The molecule has 1 aromatic heterocycles. The van der Waals surface area contributed by atoms with Gasteiger partial charge in [-0.1, -0.05) is 30.3 Å². The summed E-state index contributed by atoms with van der Waals surface area (Å²) in [5.74, 6) is -0.992. The van der Waals surface area contributed by atoms with Crippen molar-refractivity contribution in [1.29, 1.82) is 0 Å². The van der Waals surface area contributed by atoms with Crippen molar-refractivity contribution in [3.63, 3.8) is 0 Å². The molecule has 1 fully saturated rings. The fourth-order valence-corrected chi connectivity index (χ4v) is 3.22. The highest BCUT2D eigenvalue weighted by Crippen LogP contribution is 2.33. The SMILES string of the molecule is Cc1cnccc1CN1C[C@H](C(=O)O)[C@@H](c2ccccc2)C1. The smallest absolute Gasteiger partial charge is 0.308 e. The van der Waals surface area contributed by atoms with E-state index in [1.165, 1.54) is 5.56 Å². The lowest BCUT2D eigenvalue weighted by Crippen LogP contribution is -2.23. The van der Waals surface area contributed by atoms with Gasteiger partial charge in [-0.05, 0) is 29.7 Å². The van der Waals surface area contributed by atoms with Gasteiger partial charge >= 0.3 is 5.97 Å². The lowest BCUT2D eigenvalue weighted by atomic mass is 9.89. The van der Waals surface area contributed by atoms with Crippen LogP contribution in [0, 0.1) is 12.8 Å². The normalized spacial score (nSPS) is 21.9. The van der Waals surface area contributed by atoms with E-state index in [9.17, 15) is 9.90 Å². The fourth-order valence-electron chi connectivity index (χ4n) is 3.22. The highest BCUT2D eigenvalue weighted by Gasteiger charge is 2.38. The monoisotopic (exact) mass is 296 g/mol. The number of nitrogens with zero attached hydrogens (tertiary/aromatic N) is 2. The summed E-state index contributed by atoms with van der Waals surface area (Å²) >= 11 is 0. The van der Waals surface area contributed by atoms with Gasteiger partial charge in [0.1, 0.15) is 0 Å². The minimum absolute atomic E-state index is 0.0563. The van der Waals surface area contributed by atoms with Crippen LogP contribution in [0.2, 0.25) is 0 Å². The van der Waals surface area contributed by atoms with E-state index < -0.39 is 5.97 Å². The molecule has 2 heterocycles. The fraction of sp³-hybridized carbons (Fsp3) is 0.333. The Bertz CT molecular complexity index is 657. The molecule has 2 atom stereocenters. The maximum absolute atomic E-state index is 11.6. The van der Waals surface area contributed by atoms with E-state index in [4.69, 9.17) is 0 Å². The minimum Gasteiger partial charge on any atom is -0.481 e. The molecule has 114 valence electrons. The second-order valence-corrected chi connectivity index (χ2v) is 5.96. The van der Waals surface area contributed by atoms with Crippen molar-refractivity contribution >= 4 is 5.97 Å². The van der Waals surface area contributed by atoms with Crippen LogP contribution in [0.4, 0.5) is 0 Å². The van der Waals surface area contributed by atoms with Gasteiger partial charge in [-0.2, -0.15) is 0 Å². The van der Waals surface area contributed by atoms with Crippen LogP contribution in [0.3, 0.4) is 0 Å². The molecule has 0 amide bonds. The first-order chi connectivity index (χ1) is 10.6. The van der Waals surface area contributed by atoms with Crippen LogP contribution in [0.25, 0.3) is 0 Å².